The molecule has 0 radical (unpaired) electrons. The molecule has 1 saturated heterocycles. The minimum absolute atomic E-state index is 0.137. The highest BCUT2D eigenvalue weighted by Gasteiger charge is 2.55. The lowest BCUT2D eigenvalue weighted by molar-refractivity contribution is -0.135. The fraction of sp³-hybridized carbons (Fsp3) is 0.550. The van der Waals surface area contributed by atoms with Gasteiger partial charge in [0.25, 0.3) is 5.91 Å². The Morgan fingerprint density at radius 2 is 2.04 bits per heavy atom. The van der Waals surface area contributed by atoms with Crippen molar-refractivity contribution in [3.05, 3.63) is 35.4 Å². The minimum Gasteiger partial charge on any atom is -0.352 e. The Morgan fingerprint density at radius 3 is 2.85 bits per heavy atom. The number of amides is 4. The number of benzene rings is 1. The molecule has 0 aromatic heterocycles. The number of urea groups is 1. The van der Waals surface area contributed by atoms with E-state index >= 15 is 0 Å². The molecule has 3 unspecified atom stereocenters. The number of hydrogen-bond donors (Lipinski definition) is 2. The summed E-state index contributed by atoms with van der Waals surface area (Å²) >= 11 is 0. The number of hydrogen-bond acceptors (Lipinski definition) is 3. The van der Waals surface area contributed by atoms with Crippen molar-refractivity contribution in [2.75, 3.05) is 6.54 Å². The number of imide groups is 1. The van der Waals surface area contributed by atoms with Crippen molar-refractivity contribution in [3.8, 4) is 0 Å². The van der Waals surface area contributed by atoms with Crippen molar-refractivity contribution in [1.82, 2.24) is 15.5 Å². The summed E-state index contributed by atoms with van der Waals surface area (Å²) in [5.41, 5.74) is 0.956. The van der Waals surface area contributed by atoms with Crippen LogP contribution in [0, 0.1) is 5.92 Å². The first-order valence-corrected chi connectivity index (χ1v) is 9.53. The molecule has 6 nitrogen and oxygen atoms in total. The summed E-state index contributed by atoms with van der Waals surface area (Å²) < 4.78 is 0. The molecule has 138 valence electrons. The van der Waals surface area contributed by atoms with Gasteiger partial charge in [-0.2, -0.15) is 0 Å². The van der Waals surface area contributed by atoms with E-state index in [-0.39, 0.29) is 24.4 Å². The first-order chi connectivity index (χ1) is 12.5. The fourth-order valence-electron chi connectivity index (χ4n) is 4.66. The molecule has 4 amide bonds. The molecule has 2 fully saturated rings. The van der Waals surface area contributed by atoms with Crippen LogP contribution in [0.3, 0.4) is 0 Å². The SMILES string of the molecule is CC1CCCCC1NC(=O)CN1C(=O)NC2(CCc3ccccc32)C1=O. The molecule has 26 heavy (non-hydrogen) atoms. The lowest BCUT2D eigenvalue weighted by Gasteiger charge is -2.30. The number of fused-ring (bicyclic) bond motifs is 2. The predicted octanol–water partition coefficient (Wildman–Crippen LogP) is 2.07. The van der Waals surface area contributed by atoms with E-state index in [9.17, 15) is 14.4 Å². The monoisotopic (exact) mass is 355 g/mol. The summed E-state index contributed by atoms with van der Waals surface area (Å²) in [6.45, 7) is 1.93. The molecule has 0 bridgehead atoms. The highest BCUT2D eigenvalue weighted by Crippen LogP contribution is 2.41. The second-order valence-electron chi connectivity index (χ2n) is 7.82. The predicted molar refractivity (Wildman–Crippen MR) is 96.2 cm³/mol. The van der Waals surface area contributed by atoms with Crippen molar-refractivity contribution in [2.24, 2.45) is 5.92 Å². The van der Waals surface area contributed by atoms with Gasteiger partial charge >= 0.3 is 6.03 Å². The molecule has 6 heteroatoms. The summed E-state index contributed by atoms with van der Waals surface area (Å²) in [4.78, 5) is 39.1. The van der Waals surface area contributed by atoms with Gasteiger partial charge in [-0.25, -0.2) is 4.79 Å². The highest BCUT2D eigenvalue weighted by molar-refractivity contribution is 6.09. The largest absolute Gasteiger partial charge is 0.352 e. The average molecular weight is 355 g/mol. The van der Waals surface area contributed by atoms with Crippen molar-refractivity contribution in [1.29, 1.82) is 0 Å². The van der Waals surface area contributed by atoms with Crippen LogP contribution in [0.1, 0.15) is 50.2 Å². The van der Waals surface area contributed by atoms with Crippen LogP contribution < -0.4 is 10.6 Å². The highest BCUT2D eigenvalue weighted by atomic mass is 16.2. The van der Waals surface area contributed by atoms with Gasteiger partial charge in [0.15, 0.2) is 0 Å². The zero-order valence-corrected chi connectivity index (χ0v) is 15.1. The van der Waals surface area contributed by atoms with Crippen molar-refractivity contribution in [3.63, 3.8) is 0 Å². The van der Waals surface area contributed by atoms with E-state index < -0.39 is 11.6 Å². The zero-order valence-electron chi connectivity index (χ0n) is 15.1. The van der Waals surface area contributed by atoms with E-state index in [1.807, 2.05) is 24.3 Å². The van der Waals surface area contributed by atoms with Gasteiger partial charge < -0.3 is 10.6 Å². The van der Waals surface area contributed by atoms with Gasteiger partial charge in [0, 0.05) is 6.04 Å². The van der Waals surface area contributed by atoms with Gasteiger partial charge in [-0.3, -0.25) is 14.5 Å². The Kier molecular flexibility index (Phi) is 4.21. The maximum atomic E-state index is 13.1. The summed E-state index contributed by atoms with van der Waals surface area (Å²) in [5.74, 6) is -0.126. The summed E-state index contributed by atoms with van der Waals surface area (Å²) in [7, 11) is 0. The lowest BCUT2D eigenvalue weighted by atomic mass is 9.86. The lowest BCUT2D eigenvalue weighted by Crippen LogP contribution is -2.47. The van der Waals surface area contributed by atoms with E-state index in [4.69, 9.17) is 0 Å². The Morgan fingerprint density at radius 1 is 1.27 bits per heavy atom. The van der Waals surface area contributed by atoms with E-state index in [2.05, 4.69) is 17.6 Å². The van der Waals surface area contributed by atoms with Gasteiger partial charge in [0.05, 0.1) is 0 Å². The van der Waals surface area contributed by atoms with Crippen LogP contribution in [0.2, 0.25) is 0 Å². The topological polar surface area (TPSA) is 78.5 Å². The second-order valence-corrected chi connectivity index (χ2v) is 7.82. The summed E-state index contributed by atoms with van der Waals surface area (Å²) in [6, 6.07) is 7.37. The third kappa shape index (κ3) is 2.68. The quantitative estimate of drug-likeness (QED) is 0.815. The molecular formula is C20H25N3O3. The molecule has 2 aliphatic carbocycles. The molecular weight excluding hydrogens is 330 g/mol. The Hall–Kier alpha value is -2.37. The van der Waals surface area contributed by atoms with Crippen molar-refractivity contribution >= 4 is 17.8 Å². The van der Waals surface area contributed by atoms with E-state index in [0.29, 0.717) is 12.3 Å². The van der Waals surface area contributed by atoms with Gasteiger partial charge in [-0.15, -0.1) is 0 Å². The maximum absolute atomic E-state index is 13.1. The van der Waals surface area contributed by atoms with Crippen LogP contribution in [0.25, 0.3) is 0 Å². The van der Waals surface area contributed by atoms with E-state index in [1.165, 1.54) is 6.42 Å². The van der Waals surface area contributed by atoms with Gasteiger partial charge in [0.1, 0.15) is 12.1 Å². The number of nitrogens with one attached hydrogen (secondary N) is 2. The molecule has 4 rings (SSSR count). The van der Waals surface area contributed by atoms with E-state index in [1.54, 1.807) is 0 Å². The maximum Gasteiger partial charge on any atom is 0.325 e. The molecule has 1 saturated carbocycles. The third-order valence-electron chi connectivity index (χ3n) is 6.18. The molecule has 1 spiro atoms. The Balaban J connectivity index is 1.48. The third-order valence-corrected chi connectivity index (χ3v) is 6.18. The number of aryl methyl sites for hydroxylation is 1. The molecule has 1 aromatic rings. The number of rotatable bonds is 3. The Labute approximate surface area is 153 Å². The fourth-order valence-corrected chi connectivity index (χ4v) is 4.66. The summed E-state index contributed by atoms with van der Waals surface area (Å²) in [6.07, 6.45) is 5.68. The minimum atomic E-state index is -0.994. The number of nitrogens with zero attached hydrogens (tertiary/aromatic N) is 1. The zero-order chi connectivity index (χ0) is 18.3. The Bertz CT molecular complexity index is 762. The van der Waals surface area contributed by atoms with Gasteiger partial charge in [-0.05, 0) is 42.7 Å². The average Bonchev–Trinajstić information content (AvgIpc) is 3.11. The molecule has 3 aliphatic rings. The summed E-state index contributed by atoms with van der Waals surface area (Å²) in [5, 5.41) is 5.88. The number of carbonyl (C=O) groups is 3. The van der Waals surface area contributed by atoms with Gasteiger partial charge in [0.2, 0.25) is 5.91 Å². The smallest absolute Gasteiger partial charge is 0.325 e. The number of carbonyl (C=O) groups excluding carboxylic acids is 3. The van der Waals surface area contributed by atoms with Crippen LogP contribution in [-0.4, -0.2) is 35.3 Å². The standard InChI is InChI=1S/C20H25N3O3/c1-13-6-2-5-9-16(13)21-17(24)12-23-18(25)20(22-19(23)26)11-10-14-7-3-4-8-15(14)20/h3-4,7-8,13,16H,2,5-6,9-12H2,1H3,(H,21,24)(H,22,26). The van der Waals surface area contributed by atoms with Crippen molar-refractivity contribution in [2.45, 2.75) is 57.0 Å². The van der Waals surface area contributed by atoms with Crippen LogP contribution in [0.5, 0.6) is 0 Å². The molecule has 1 aromatic carbocycles. The molecule has 2 N–H and O–H groups in total. The first kappa shape index (κ1) is 17.1. The van der Waals surface area contributed by atoms with E-state index in [0.717, 1.165) is 41.7 Å². The van der Waals surface area contributed by atoms with Crippen LogP contribution in [0.4, 0.5) is 4.79 Å². The van der Waals surface area contributed by atoms with Gasteiger partial charge in [-0.1, -0.05) is 44.0 Å². The van der Waals surface area contributed by atoms with Crippen LogP contribution in [0.15, 0.2) is 24.3 Å². The van der Waals surface area contributed by atoms with Crippen molar-refractivity contribution < 1.29 is 14.4 Å². The molecule has 1 heterocycles. The second kappa shape index (κ2) is 6.41. The normalized spacial score (nSPS) is 30.4. The van der Waals surface area contributed by atoms with Crippen LogP contribution >= 0.6 is 0 Å². The van der Waals surface area contributed by atoms with Crippen LogP contribution in [-0.2, 0) is 21.5 Å². The molecule has 3 atom stereocenters. The first-order valence-electron chi connectivity index (χ1n) is 9.53. The molecule has 1 aliphatic heterocycles.